The molecule has 114 valence electrons. The number of allylic oxidation sites excluding steroid dienone is 1. The highest BCUT2D eigenvalue weighted by Gasteiger charge is 2.52. The van der Waals surface area contributed by atoms with Gasteiger partial charge in [-0.1, -0.05) is 20.4 Å². The number of aryl methyl sites for hydroxylation is 1. The van der Waals surface area contributed by atoms with Gasteiger partial charge in [0, 0.05) is 6.54 Å². The zero-order chi connectivity index (χ0) is 15.6. The highest BCUT2D eigenvalue weighted by molar-refractivity contribution is 5.68. The highest BCUT2D eigenvalue weighted by atomic mass is 16.5. The molecule has 1 aliphatic rings. The molecule has 1 N–H and O–H groups in total. The Morgan fingerprint density at radius 3 is 2.71 bits per heavy atom. The number of nitrogens with zero attached hydrogens (tertiary/aromatic N) is 3. The van der Waals surface area contributed by atoms with E-state index in [1.807, 2.05) is 18.7 Å². The van der Waals surface area contributed by atoms with Crippen molar-refractivity contribution in [3.63, 3.8) is 0 Å². The molecule has 2 rings (SSSR count). The quantitative estimate of drug-likeness (QED) is 0.784. The van der Waals surface area contributed by atoms with Crippen LogP contribution in [0.3, 0.4) is 0 Å². The van der Waals surface area contributed by atoms with Crippen molar-refractivity contribution in [3.05, 3.63) is 18.3 Å². The van der Waals surface area contributed by atoms with Crippen LogP contribution in [0.15, 0.2) is 12.8 Å². The van der Waals surface area contributed by atoms with Crippen LogP contribution in [-0.2, 0) is 6.54 Å². The summed E-state index contributed by atoms with van der Waals surface area (Å²) in [6.07, 6.45) is 3.23. The van der Waals surface area contributed by atoms with E-state index in [0.717, 1.165) is 30.5 Å². The first-order valence-electron chi connectivity index (χ1n) is 7.49. The molecule has 0 amide bonds. The van der Waals surface area contributed by atoms with E-state index in [2.05, 4.69) is 36.9 Å². The summed E-state index contributed by atoms with van der Waals surface area (Å²) in [5.41, 5.74) is 1.52. The molecule has 5 heteroatoms. The van der Waals surface area contributed by atoms with Crippen molar-refractivity contribution in [2.75, 3.05) is 7.05 Å². The number of nitrogens with one attached hydrogen (secondary N) is 1. The predicted octanol–water partition coefficient (Wildman–Crippen LogP) is 2.80. The van der Waals surface area contributed by atoms with Crippen LogP contribution < -0.4 is 10.1 Å². The zero-order valence-corrected chi connectivity index (χ0v) is 13.3. The lowest BCUT2D eigenvalue weighted by molar-refractivity contribution is 0.108. The monoisotopic (exact) mass is 288 g/mol. The van der Waals surface area contributed by atoms with Crippen molar-refractivity contribution < 1.29 is 4.74 Å². The molecule has 0 spiro atoms. The average Bonchev–Trinajstić information content (AvgIpc) is 3.17. The third-order valence-corrected chi connectivity index (χ3v) is 4.14. The highest BCUT2D eigenvalue weighted by Crippen LogP contribution is 2.48. The molecule has 0 saturated heterocycles. The predicted molar refractivity (Wildman–Crippen MR) is 82.5 cm³/mol. The lowest BCUT2D eigenvalue weighted by Gasteiger charge is -2.24. The van der Waals surface area contributed by atoms with Crippen molar-refractivity contribution in [1.82, 2.24) is 15.1 Å². The Balaban J connectivity index is 2.32. The summed E-state index contributed by atoms with van der Waals surface area (Å²) in [7, 11) is 1.83. The molecule has 0 aliphatic heterocycles. The molecule has 0 bridgehead atoms. The van der Waals surface area contributed by atoms with Gasteiger partial charge in [-0.3, -0.25) is 5.32 Å². The number of hydrogen-bond acceptors (Lipinski definition) is 4. The van der Waals surface area contributed by atoms with Gasteiger partial charge in [-0.15, -0.1) is 0 Å². The Morgan fingerprint density at radius 2 is 2.29 bits per heavy atom. The molecule has 1 heterocycles. The van der Waals surface area contributed by atoms with Crippen molar-refractivity contribution in [2.24, 2.45) is 11.3 Å². The van der Waals surface area contributed by atoms with Gasteiger partial charge in [-0.25, -0.2) is 4.68 Å². The second-order valence-corrected chi connectivity index (χ2v) is 5.91. The summed E-state index contributed by atoms with van der Waals surface area (Å²) >= 11 is 0. The molecule has 1 aromatic rings. The molecule has 1 aromatic heterocycles. The van der Waals surface area contributed by atoms with Gasteiger partial charge in [0.05, 0.1) is 17.8 Å². The summed E-state index contributed by atoms with van der Waals surface area (Å²) in [6.45, 7) is 11.1. The Bertz CT molecular complexity index is 563. The first-order valence-corrected chi connectivity index (χ1v) is 7.49. The molecular weight excluding hydrogens is 264 g/mol. The van der Waals surface area contributed by atoms with Gasteiger partial charge in [0.2, 0.25) is 5.88 Å². The summed E-state index contributed by atoms with van der Waals surface area (Å²) in [5, 5.41) is 16.9. The zero-order valence-electron chi connectivity index (χ0n) is 13.3. The standard InChI is InChI=1S/C16H24N4O/c1-6-20-14(13(9-19-20)12(4)11(2)3)21-15(18-5)16(10-17)7-8-16/h9,11,15,18H,4,6-8H2,1-3,5H3. The van der Waals surface area contributed by atoms with E-state index in [0.29, 0.717) is 11.8 Å². The average molecular weight is 288 g/mol. The van der Waals surface area contributed by atoms with Crippen molar-refractivity contribution in [1.29, 1.82) is 5.26 Å². The summed E-state index contributed by atoms with van der Waals surface area (Å²) in [5.74, 6) is 1.03. The molecule has 5 nitrogen and oxygen atoms in total. The Kier molecular flexibility index (Phi) is 4.38. The number of hydrogen-bond donors (Lipinski definition) is 1. The molecular formula is C16H24N4O. The van der Waals surface area contributed by atoms with Gasteiger partial charge >= 0.3 is 0 Å². The largest absolute Gasteiger partial charge is 0.457 e. The summed E-state index contributed by atoms with van der Waals surface area (Å²) < 4.78 is 7.97. The van der Waals surface area contributed by atoms with Crippen LogP contribution in [-0.4, -0.2) is 23.1 Å². The molecule has 1 saturated carbocycles. The molecule has 1 atom stereocenters. The van der Waals surface area contributed by atoms with Crippen LogP contribution in [0.4, 0.5) is 0 Å². The van der Waals surface area contributed by atoms with Crippen molar-refractivity contribution in [3.8, 4) is 11.9 Å². The summed E-state index contributed by atoms with van der Waals surface area (Å²) in [6, 6.07) is 2.39. The third kappa shape index (κ3) is 2.81. The minimum Gasteiger partial charge on any atom is -0.457 e. The number of ether oxygens (including phenoxy) is 1. The van der Waals surface area contributed by atoms with E-state index in [1.54, 1.807) is 6.20 Å². The van der Waals surface area contributed by atoms with E-state index < -0.39 is 5.41 Å². The van der Waals surface area contributed by atoms with Gasteiger partial charge in [0.1, 0.15) is 5.41 Å². The molecule has 1 fully saturated rings. The Hall–Kier alpha value is -1.80. The minimum atomic E-state index is -0.409. The second kappa shape index (κ2) is 5.90. The van der Waals surface area contributed by atoms with E-state index in [1.165, 1.54) is 0 Å². The first-order chi connectivity index (χ1) is 9.99. The van der Waals surface area contributed by atoms with Gasteiger partial charge in [-0.05, 0) is 38.3 Å². The van der Waals surface area contributed by atoms with E-state index >= 15 is 0 Å². The van der Waals surface area contributed by atoms with Crippen LogP contribution in [0.2, 0.25) is 0 Å². The van der Waals surface area contributed by atoms with Gasteiger partial charge in [0.15, 0.2) is 6.23 Å². The fourth-order valence-corrected chi connectivity index (χ4v) is 2.38. The van der Waals surface area contributed by atoms with Crippen LogP contribution in [0.1, 0.15) is 39.2 Å². The SMILES string of the molecule is C=C(c1cnn(CC)c1OC(NC)C1(C#N)CC1)C(C)C. The second-order valence-electron chi connectivity index (χ2n) is 5.91. The van der Waals surface area contributed by atoms with Gasteiger partial charge < -0.3 is 4.74 Å². The lowest BCUT2D eigenvalue weighted by Crippen LogP contribution is -2.40. The van der Waals surface area contributed by atoms with Crippen molar-refractivity contribution >= 4 is 5.57 Å². The maximum atomic E-state index is 9.37. The van der Waals surface area contributed by atoms with Crippen LogP contribution in [0.25, 0.3) is 5.57 Å². The molecule has 0 radical (unpaired) electrons. The number of rotatable bonds is 7. The van der Waals surface area contributed by atoms with Gasteiger partial charge in [-0.2, -0.15) is 10.4 Å². The van der Waals surface area contributed by atoms with Crippen molar-refractivity contribution in [2.45, 2.75) is 46.4 Å². The lowest BCUT2D eigenvalue weighted by atomic mass is 9.99. The summed E-state index contributed by atoms with van der Waals surface area (Å²) in [4.78, 5) is 0. The minimum absolute atomic E-state index is 0.316. The van der Waals surface area contributed by atoms with Crippen LogP contribution in [0, 0.1) is 22.7 Å². The smallest absolute Gasteiger partial charge is 0.221 e. The fraction of sp³-hybridized carbons (Fsp3) is 0.625. The fourth-order valence-electron chi connectivity index (χ4n) is 2.38. The normalized spacial score (nSPS) is 17.3. The van der Waals surface area contributed by atoms with E-state index in [4.69, 9.17) is 4.74 Å². The molecule has 0 aromatic carbocycles. The van der Waals surface area contributed by atoms with E-state index in [9.17, 15) is 5.26 Å². The molecule has 1 unspecified atom stereocenters. The third-order valence-electron chi connectivity index (χ3n) is 4.14. The molecule has 21 heavy (non-hydrogen) atoms. The number of nitriles is 1. The van der Waals surface area contributed by atoms with E-state index in [-0.39, 0.29) is 6.23 Å². The number of aromatic nitrogens is 2. The van der Waals surface area contributed by atoms with Gasteiger partial charge in [0.25, 0.3) is 0 Å². The van der Waals surface area contributed by atoms with Crippen LogP contribution >= 0.6 is 0 Å². The maximum absolute atomic E-state index is 9.37. The Labute approximate surface area is 126 Å². The topological polar surface area (TPSA) is 62.9 Å². The Morgan fingerprint density at radius 1 is 1.62 bits per heavy atom. The van der Waals surface area contributed by atoms with Crippen LogP contribution in [0.5, 0.6) is 5.88 Å². The molecule has 1 aliphatic carbocycles. The first kappa shape index (κ1) is 15.6. The maximum Gasteiger partial charge on any atom is 0.221 e.